The molecule has 19 heavy (non-hydrogen) atoms. The molecule has 0 radical (unpaired) electrons. The van der Waals surface area contributed by atoms with Gasteiger partial charge in [0.15, 0.2) is 5.16 Å². The van der Waals surface area contributed by atoms with Crippen LogP contribution in [0.1, 0.15) is 26.7 Å². The third kappa shape index (κ3) is 3.51. The molecule has 0 atom stereocenters. The summed E-state index contributed by atoms with van der Waals surface area (Å²) in [5, 5.41) is 9.68. The van der Waals surface area contributed by atoms with Crippen molar-refractivity contribution < 1.29 is 0 Å². The van der Waals surface area contributed by atoms with Gasteiger partial charge in [-0.1, -0.05) is 37.7 Å². The highest BCUT2D eigenvalue weighted by Crippen LogP contribution is 2.25. The Labute approximate surface area is 118 Å². The van der Waals surface area contributed by atoms with E-state index in [1.54, 1.807) is 11.8 Å². The third-order valence-electron chi connectivity index (χ3n) is 2.99. The summed E-state index contributed by atoms with van der Waals surface area (Å²) in [7, 11) is 0. The molecule has 1 aromatic carbocycles. The van der Waals surface area contributed by atoms with Gasteiger partial charge in [0.1, 0.15) is 0 Å². The maximum atomic E-state index is 8.64. The van der Waals surface area contributed by atoms with Crippen LogP contribution in [0.3, 0.4) is 0 Å². The molecule has 2 rings (SSSR count). The van der Waals surface area contributed by atoms with Crippen LogP contribution in [0.2, 0.25) is 0 Å². The normalized spacial score (nSPS) is 11.1. The molecule has 0 saturated heterocycles. The van der Waals surface area contributed by atoms with E-state index >= 15 is 0 Å². The zero-order valence-corrected chi connectivity index (χ0v) is 12.3. The second-order valence-corrected chi connectivity index (χ2v) is 6.04. The number of nitrogens with zero attached hydrogens (tertiary/aromatic N) is 3. The molecule has 0 N–H and O–H groups in total. The number of aryl methyl sites for hydroxylation is 1. The van der Waals surface area contributed by atoms with Crippen molar-refractivity contribution in [3.63, 3.8) is 0 Å². The van der Waals surface area contributed by atoms with Gasteiger partial charge in [-0.25, -0.2) is 4.98 Å². The second kappa shape index (κ2) is 6.63. The molecule has 1 heterocycles. The molecule has 0 saturated carbocycles. The van der Waals surface area contributed by atoms with Crippen LogP contribution in [-0.2, 0) is 6.54 Å². The van der Waals surface area contributed by atoms with Crippen molar-refractivity contribution in [3.8, 4) is 6.07 Å². The molecule has 0 unspecified atom stereocenters. The summed E-state index contributed by atoms with van der Waals surface area (Å²) in [5.41, 5.74) is 2.24. The van der Waals surface area contributed by atoms with Gasteiger partial charge in [-0.05, 0) is 24.5 Å². The van der Waals surface area contributed by atoms with E-state index in [2.05, 4.69) is 47.7 Å². The van der Waals surface area contributed by atoms with Crippen LogP contribution in [-0.4, -0.2) is 15.3 Å². The highest BCUT2D eigenvalue weighted by Gasteiger charge is 2.10. The number of hydrogen-bond donors (Lipinski definition) is 0. The summed E-state index contributed by atoms with van der Waals surface area (Å²) in [6.07, 6.45) is 1.71. The summed E-state index contributed by atoms with van der Waals surface area (Å²) in [5.74, 6) is 1.49. The SMILES string of the molecule is CC(C)CCn1c(SCCC#N)nc2ccccc21. The van der Waals surface area contributed by atoms with E-state index in [1.165, 1.54) is 5.52 Å². The summed E-state index contributed by atoms with van der Waals surface area (Å²) in [6, 6.07) is 10.4. The molecule has 2 aromatic rings. The number of hydrogen-bond acceptors (Lipinski definition) is 3. The third-order valence-corrected chi connectivity index (χ3v) is 3.97. The fourth-order valence-corrected chi connectivity index (χ4v) is 2.84. The highest BCUT2D eigenvalue weighted by atomic mass is 32.2. The minimum Gasteiger partial charge on any atom is -0.319 e. The van der Waals surface area contributed by atoms with Crippen molar-refractivity contribution >= 4 is 22.8 Å². The van der Waals surface area contributed by atoms with Crippen LogP contribution in [0.5, 0.6) is 0 Å². The molecule has 0 aliphatic rings. The Bertz CT molecular complexity index is 581. The molecular weight excluding hydrogens is 254 g/mol. The number of para-hydroxylation sites is 2. The Hall–Kier alpha value is -1.47. The van der Waals surface area contributed by atoms with Gasteiger partial charge in [0.05, 0.1) is 17.1 Å². The average molecular weight is 273 g/mol. The van der Waals surface area contributed by atoms with E-state index in [1.807, 2.05) is 6.07 Å². The van der Waals surface area contributed by atoms with Crippen LogP contribution in [0, 0.1) is 17.2 Å². The van der Waals surface area contributed by atoms with Crippen molar-refractivity contribution in [1.82, 2.24) is 9.55 Å². The number of aromatic nitrogens is 2. The van der Waals surface area contributed by atoms with E-state index in [-0.39, 0.29) is 0 Å². The number of imidazole rings is 1. The summed E-state index contributed by atoms with van der Waals surface area (Å²) < 4.78 is 2.29. The van der Waals surface area contributed by atoms with Crippen LogP contribution < -0.4 is 0 Å². The molecule has 4 heteroatoms. The number of thioether (sulfide) groups is 1. The lowest BCUT2D eigenvalue weighted by molar-refractivity contribution is 0.503. The monoisotopic (exact) mass is 273 g/mol. The van der Waals surface area contributed by atoms with E-state index in [0.29, 0.717) is 12.3 Å². The van der Waals surface area contributed by atoms with Gasteiger partial charge in [0, 0.05) is 18.7 Å². The van der Waals surface area contributed by atoms with Crippen molar-refractivity contribution in [2.24, 2.45) is 5.92 Å². The number of rotatable bonds is 6. The first-order valence-electron chi connectivity index (χ1n) is 6.67. The first kappa shape index (κ1) is 14.0. The number of benzene rings is 1. The minimum atomic E-state index is 0.568. The van der Waals surface area contributed by atoms with Gasteiger partial charge in [-0.2, -0.15) is 5.26 Å². The Kier molecular flexibility index (Phi) is 4.86. The molecule has 100 valence electrons. The van der Waals surface area contributed by atoms with E-state index < -0.39 is 0 Å². The van der Waals surface area contributed by atoms with Crippen molar-refractivity contribution in [2.75, 3.05) is 5.75 Å². The number of nitriles is 1. The van der Waals surface area contributed by atoms with E-state index in [9.17, 15) is 0 Å². The van der Waals surface area contributed by atoms with Gasteiger partial charge in [0.2, 0.25) is 0 Å². The quantitative estimate of drug-likeness (QED) is 0.588. The maximum absolute atomic E-state index is 8.64. The Morgan fingerprint density at radius 3 is 2.89 bits per heavy atom. The first-order chi connectivity index (χ1) is 9.22. The van der Waals surface area contributed by atoms with Crippen molar-refractivity contribution in [3.05, 3.63) is 24.3 Å². The molecule has 0 aliphatic heterocycles. The van der Waals surface area contributed by atoms with Crippen LogP contribution in [0.4, 0.5) is 0 Å². The lowest BCUT2D eigenvalue weighted by Gasteiger charge is -2.10. The molecule has 0 spiro atoms. The maximum Gasteiger partial charge on any atom is 0.169 e. The molecular formula is C15H19N3S. The summed E-state index contributed by atoms with van der Waals surface area (Å²) >= 11 is 1.68. The highest BCUT2D eigenvalue weighted by molar-refractivity contribution is 7.99. The molecule has 0 fully saturated rings. The zero-order valence-electron chi connectivity index (χ0n) is 11.5. The van der Waals surface area contributed by atoms with E-state index in [4.69, 9.17) is 5.26 Å². The van der Waals surface area contributed by atoms with Crippen molar-refractivity contribution in [2.45, 2.75) is 38.4 Å². The van der Waals surface area contributed by atoms with Gasteiger partial charge < -0.3 is 4.57 Å². The summed E-state index contributed by atoms with van der Waals surface area (Å²) in [6.45, 7) is 5.47. The summed E-state index contributed by atoms with van der Waals surface area (Å²) in [4.78, 5) is 4.68. The topological polar surface area (TPSA) is 41.6 Å². The molecule has 0 aliphatic carbocycles. The second-order valence-electron chi connectivity index (χ2n) is 4.97. The lowest BCUT2D eigenvalue weighted by atomic mass is 10.1. The van der Waals surface area contributed by atoms with Gasteiger partial charge in [-0.3, -0.25) is 0 Å². The predicted molar refractivity (Wildman–Crippen MR) is 80.1 cm³/mol. The van der Waals surface area contributed by atoms with Crippen molar-refractivity contribution in [1.29, 1.82) is 5.26 Å². The average Bonchev–Trinajstić information content (AvgIpc) is 2.74. The van der Waals surface area contributed by atoms with Gasteiger partial charge in [-0.15, -0.1) is 0 Å². The van der Waals surface area contributed by atoms with Gasteiger partial charge >= 0.3 is 0 Å². The van der Waals surface area contributed by atoms with Crippen LogP contribution in [0.25, 0.3) is 11.0 Å². The first-order valence-corrected chi connectivity index (χ1v) is 7.66. The fourth-order valence-electron chi connectivity index (χ4n) is 1.95. The van der Waals surface area contributed by atoms with Crippen LogP contribution in [0.15, 0.2) is 29.4 Å². The van der Waals surface area contributed by atoms with Gasteiger partial charge in [0.25, 0.3) is 0 Å². The van der Waals surface area contributed by atoms with E-state index in [0.717, 1.165) is 29.4 Å². The molecule has 0 amide bonds. The smallest absolute Gasteiger partial charge is 0.169 e. The largest absolute Gasteiger partial charge is 0.319 e. The minimum absolute atomic E-state index is 0.568. The predicted octanol–water partition coefficient (Wildman–Crippen LogP) is 4.09. The Morgan fingerprint density at radius 2 is 2.16 bits per heavy atom. The van der Waals surface area contributed by atoms with Crippen LogP contribution >= 0.6 is 11.8 Å². The lowest BCUT2D eigenvalue weighted by Crippen LogP contribution is -2.03. The Balaban J connectivity index is 2.26. The molecule has 0 bridgehead atoms. The zero-order chi connectivity index (χ0) is 13.7. The number of fused-ring (bicyclic) bond motifs is 1. The molecule has 3 nitrogen and oxygen atoms in total. The fraction of sp³-hybridized carbons (Fsp3) is 0.467. The Morgan fingerprint density at radius 1 is 1.37 bits per heavy atom. The standard InChI is InChI=1S/C15H19N3S/c1-12(2)8-10-18-14-7-4-3-6-13(14)17-15(18)19-11-5-9-16/h3-4,6-7,12H,5,8,10-11H2,1-2H3. The molecule has 1 aromatic heterocycles.